The molecule has 1 aromatic carbocycles. The topological polar surface area (TPSA) is 100 Å². The lowest BCUT2D eigenvalue weighted by atomic mass is 10.1. The third-order valence-electron chi connectivity index (χ3n) is 3.89. The van der Waals surface area contributed by atoms with Crippen LogP contribution in [0.25, 0.3) is 0 Å². The number of anilines is 2. The lowest BCUT2D eigenvalue weighted by Crippen LogP contribution is -2.45. The van der Waals surface area contributed by atoms with Gasteiger partial charge in [0, 0.05) is 25.7 Å². The summed E-state index contributed by atoms with van der Waals surface area (Å²) in [7, 11) is 1.88. The van der Waals surface area contributed by atoms with Crippen LogP contribution in [-0.4, -0.2) is 49.4 Å². The highest BCUT2D eigenvalue weighted by Gasteiger charge is 2.29. The van der Waals surface area contributed by atoms with Crippen molar-refractivity contribution in [3.05, 3.63) is 23.8 Å². The molecule has 1 aromatic rings. The molecule has 160 valence electrons. The first-order valence-electron chi connectivity index (χ1n) is 9.42. The van der Waals surface area contributed by atoms with Gasteiger partial charge in [0.1, 0.15) is 11.2 Å². The molecule has 0 atom stereocenters. The minimum absolute atomic E-state index is 0.331. The number of hydrogen-bond acceptors (Lipinski definition) is 6. The van der Waals surface area contributed by atoms with E-state index in [1.165, 1.54) is 0 Å². The first-order valence-corrected chi connectivity index (χ1v) is 9.42. The van der Waals surface area contributed by atoms with Gasteiger partial charge in [0.05, 0.1) is 11.4 Å². The van der Waals surface area contributed by atoms with E-state index in [2.05, 4.69) is 10.9 Å². The molecule has 0 aliphatic carbocycles. The fourth-order valence-corrected chi connectivity index (χ4v) is 2.68. The summed E-state index contributed by atoms with van der Waals surface area (Å²) in [4.78, 5) is 40.1. The number of ether oxygens (including phenoxy) is 2. The zero-order valence-corrected chi connectivity index (χ0v) is 18.1. The van der Waals surface area contributed by atoms with Gasteiger partial charge in [0.25, 0.3) is 5.91 Å². The molecule has 0 unspecified atom stereocenters. The third kappa shape index (κ3) is 6.27. The van der Waals surface area contributed by atoms with E-state index in [4.69, 9.17) is 9.47 Å². The maximum absolute atomic E-state index is 12.5. The third-order valence-corrected chi connectivity index (χ3v) is 3.89. The molecule has 1 heterocycles. The van der Waals surface area contributed by atoms with E-state index in [1.807, 2.05) is 32.7 Å². The van der Waals surface area contributed by atoms with E-state index in [0.717, 1.165) is 0 Å². The molecular weight excluding hydrogens is 376 g/mol. The fraction of sp³-hybridized carbons (Fsp3) is 0.550. The molecule has 0 saturated heterocycles. The summed E-state index contributed by atoms with van der Waals surface area (Å²) in [5, 5.41) is 0. The summed E-state index contributed by atoms with van der Waals surface area (Å²) in [6.45, 7) is 11.7. The van der Waals surface area contributed by atoms with Gasteiger partial charge in [0.15, 0.2) is 0 Å². The molecule has 0 bridgehead atoms. The second kappa shape index (κ2) is 8.18. The monoisotopic (exact) mass is 406 g/mol. The molecule has 0 fully saturated rings. The lowest BCUT2D eigenvalue weighted by molar-refractivity contribution is 0.0482. The molecule has 2 N–H and O–H groups in total. The van der Waals surface area contributed by atoms with E-state index in [0.29, 0.717) is 30.0 Å². The molecule has 0 radical (unpaired) electrons. The van der Waals surface area contributed by atoms with Gasteiger partial charge in [-0.25, -0.2) is 15.0 Å². The average Bonchev–Trinajstić information content (AvgIpc) is 2.56. The SMILES string of the molecule is CN1CCN(C(=O)OC(C)(C)C)c2ccc(C(=O)NNC(=O)OC(C)(C)C)cc21. The van der Waals surface area contributed by atoms with Crippen molar-refractivity contribution >= 4 is 29.5 Å². The van der Waals surface area contributed by atoms with Crippen LogP contribution >= 0.6 is 0 Å². The standard InChI is InChI=1S/C20H30N4O5/c1-19(2,3)28-17(26)22-21-16(25)13-8-9-14-15(12-13)23(7)10-11-24(14)18(27)29-20(4,5)6/h8-9,12H,10-11H2,1-7H3,(H,21,25)(H,22,26). The first-order chi connectivity index (χ1) is 13.3. The number of carbonyl (C=O) groups excluding carboxylic acids is 3. The highest BCUT2D eigenvalue weighted by atomic mass is 16.6. The van der Waals surface area contributed by atoms with Crippen LogP contribution in [0.2, 0.25) is 0 Å². The highest BCUT2D eigenvalue weighted by Crippen LogP contribution is 2.34. The fourth-order valence-electron chi connectivity index (χ4n) is 2.68. The quantitative estimate of drug-likeness (QED) is 0.696. The summed E-state index contributed by atoms with van der Waals surface area (Å²) in [5.74, 6) is -0.499. The number of nitrogens with zero attached hydrogens (tertiary/aromatic N) is 2. The van der Waals surface area contributed by atoms with Gasteiger partial charge in [-0.15, -0.1) is 0 Å². The maximum Gasteiger partial charge on any atom is 0.426 e. The summed E-state index contributed by atoms with van der Waals surface area (Å²) in [5.41, 5.74) is 4.97. The predicted octanol–water partition coefficient (Wildman–Crippen LogP) is 3.05. The number of nitrogens with one attached hydrogen (secondary N) is 2. The second-order valence-corrected chi connectivity index (χ2v) is 8.84. The predicted molar refractivity (Wildman–Crippen MR) is 110 cm³/mol. The van der Waals surface area contributed by atoms with E-state index < -0.39 is 29.3 Å². The van der Waals surface area contributed by atoms with Crippen LogP contribution in [0.3, 0.4) is 0 Å². The molecule has 1 aliphatic heterocycles. The zero-order chi connectivity index (χ0) is 22.0. The van der Waals surface area contributed by atoms with Gasteiger partial charge in [-0.1, -0.05) is 0 Å². The summed E-state index contributed by atoms with van der Waals surface area (Å²) >= 11 is 0. The number of rotatable bonds is 1. The maximum atomic E-state index is 12.5. The van der Waals surface area contributed by atoms with Crippen LogP contribution in [0.1, 0.15) is 51.9 Å². The van der Waals surface area contributed by atoms with Gasteiger partial charge in [-0.3, -0.25) is 15.1 Å². The lowest BCUT2D eigenvalue weighted by Gasteiger charge is -2.36. The Kier molecular flexibility index (Phi) is 6.30. The molecule has 9 heteroatoms. The van der Waals surface area contributed by atoms with Crippen molar-refractivity contribution in [2.24, 2.45) is 0 Å². The smallest absolute Gasteiger partial charge is 0.426 e. The first kappa shape index (κ1) is 22.3. The van der Waals surface area contributed by atoms with Crippen LogP contribution in [0.15, 0.2) is 18.2 Å². The zero-order valence-electron chi connectivity index (χ0n) is 18.1. The number of likely N-dealkylation sites (N-methyl/N-ethyl adjacent to an activating group) is 1. The number of fused-ring (bicyclic) bond motifs is 1. The van der Waals surface area contributed by atoms with Crippen molar-refractivity contribution < 1.29 is 23.9 Å². The molecule has 0 aromatic heterocycles. The van der Waals surface area contributed by atoms with Crippen molar-refractivity contribution in [3.63, 3.8) is 0 Å². The molecule has 29 heavy (non-hydrogen) atoms. The van der Waals surface area contributed by atoms with E-state index >= 15 is 0 Å². The van der Waals surface area contributed by atoms with Crippen molar-refractivity contribution in [2.75, 3.05) is 29.9 Å². The molecule has 3 amide bonds. The van der Waals surface area contributed by atoms with Gasteiger partial charge in [-0.05, 0) is 59.7 Å². The Morgan fingerprint density at radius 3 is 2.10 bits per heavy atom. The van der Waals surface area contributed by atoms with E-state index in [1.54, 1.807) is 43.9 Å². The van der Waals surface area contributed by atoms with Crippen LogP contribution in [0, 0.1) is 0 Å². The van der Waals surface area contributed by atoms with E-state index in [-0.39, 0.29) is 0 Å². The molecule has 0 saturated carbocycles. The van der Waals surface area contributed by atoms with Crippen molar-refractivity contribution in [3.8, 4) is 0 Å². The normalized spacial score (nSPS) is 14.0. The van der Waals surface area contributed by atoms with Gasteiger partial charge < -0.3 is 14.4 Å². The number of hydrogen-bond donors (Lipinski definition) is 2. The molecular formula is C20H30N4O5. The van der Waals surface area contributed by atoms with Gasteiger partial charge in [-0.2, -0.15) is 0 Å². The molecule has 1 aliphatic rings. The Morgan fingerprint density at radius 2 is 1.52 bits per heavy atom. The van der Waals surface area contributed by atoms with Crippen LogP contribution in [-0.2, 0) is 9.47 Å². The van der Waals surface area contributed by atoms with Crippen LogP contribution in [0.4, 0.5) is 21.0 Å². The Morgan fingerprint density at radius 1 is 0.897 bits per heavy atom. The Hall–Kier alpha value is -2.97. The highest BCUT2D eigenvalue weighted by molar-refractivity contribution is 6.00. The summed E-state index contributed by atoms with van der Waals surface area (Å²) in [6, 6.07) is 4.94. The Labute approximate surface area is 171 Å². The van der Waals surface area contributed by atoms with E-state index in [9.17, 15) is 14.4 Å². The van der Waals surface area contributed by atoms with Crippen LogP contribution in [0.5, 0.6) is 0 Å². The second-order valence-electron chi connectivity index (χ2n) is 8.84. The molecule has 0 spiro atoms. The largest absolute Gasteiger partial charge is 0.443 e. The van der Waals surface area contributed by atoms with Crippen molar-refractivity contribution in [1.82, 2.24) is 10.9 Å². The number of hydrazine groups is 1. The van der Waals surface area contributed by atoms with Crippen molar-refractivity contribution in [2.45, 2.75) is 52.7 Å². The minimum Gasteiger partial charge on any atom is -0.443 e. The van der Waals surface area contributed by atoms with Gasteiger partial charge in [0.2, 0.25) is 0 Å². The number of amides is 3. The molecule has 2 rings (SSSR count). The van der Waals surface area contributed by atoms with Crippen LogP contribution < -0.4 is 20.7 Å². The average molecular weight is 406 g/mol. The van der Waals surface area contributed by atoms with Gasteiger partial charge >= 0.3 is 12.2 Å². The Bertz CT molecular complexity index is 795. The van der Waals surface area contributed by atoms with Crippen molar-refractivity contribution in [1.29, 1.82) is 0 Å². The number of benzene rings is 1. The minimum atomic E-state index is -0.753. The summed E-state index contributed by atoms with van der Waals surface area (Å²) in [6.07, 6.45) is -1.19. The Balaban J connectivity index is 2.14. The summed E-state index contributed by atoms with van der Waals surface area (Å²) < 4.78 is 10.6. The number of carbonyl (C=O) groups is 3. The molecule has 9 nitrogen and oxygen atoms in total.